The molecule has 0 bridgehead atoms. The fourth-order valence-corrected chi connectivity index (χ4v) is 2.64. The Morgan fingerprint density at radius 3 is 2.44 bits per heavy atom. The zero-order valence-electron chi connectivity index (χ0n) is 11.3. The van der Waals surface area contributed by atoms with E-state index in [4.69, 9.17) is 0 Å². The zero-order chi connectivity index (χ0) is 12.0. The van der Waals surface area contributed by atoms with Crippen molar-refractivity contribution >= 4 is 0 Å². The lowest BCUT2D eigenvalue weighted by Crippen LogP contribution is -2.17. The highest BCUT2D eigenvalue weighted by Crippen LogP contribution is 2.38. The van der Waals surface area contributed by atoms with E-state index in [1.54, 1.807) is 11.1 Å². The minimum atomic E-state index is 0. The Kier molecular flexibility index (Phi) is 11.1. The Hall–Kier alpha value is -0.780. The Morgan fingerprint density at radius 2 is 1.94 bits per heavy atom. The number of hydrogen-bond donors (Lipinski definition) is 0. The van der Waals surface area contributed by atoms with E-state index < -0.39 is 0 Å². The van der Waals surface area contributed by atoms with Crippen LogP contribution in [0.2, 0.25) is 0 Å². The summed E-state index contributed by atoms with van der Waals surface area (Å²) in [6.07, 6.45) is 14.2. The standard InChI is InChI=1S/C16H26.2CH4/c1-5-7-11-16-14(9-6-2)10-8-12-15(16)13(3)4;;/h5,7,9,11,13,15H,6,8,10,12H2,1-4H3;2*1H4/b7-5-,14-9-,16-11+;;. The molecule has 106 valence electrons. The smallest absolute Gasteiger partial charge is 0.0136 e. The van der Waals surface area contributed by atoms with Crippen molar-refractivity contribution in [2.45, 2.75) is 68.2 Å². The van der Waals surface area contributed by atoms with E-state index in [2.05, 4.69) is 52.0 Å². The summed E-state index contributed by atoms with van der Waals surface area (Å²) >= 11 is 0. The van der Waals surface area contributed by atoms with Crippen LogP contribution in [0.1, 0.15) is 68.2 Å². The molecule has 0 spiro atoms. The van der Waals surface area contributed by atoms with E-state index in [0.717, 1.165) is 18.3 Å². The molecule has 0 aromatic heterocycles. The van der Waals surface area contributed by atoms with Crippen molar-refractivity contribution in [3.63, 3.8) is 0 Å². The van der Waals surface area contributed by atoms with Gasteiger partial charge in [0, 0.05) is 0 Å². The summed E-state index contributed by atoms with van der Waals surface area (Å²) in [7, 11) is 0. The molecule has 1 fully saturated rings. The summed E-state index contributed by atoms with van der Waals surface area (Å²) < 4.78 is 0. The van der Waals surface area contributed by atoms with Crippen molar-refractivity contribution in [3.8, 4) is 0 Å². The van der Waals surface area contributed by atoms with Gasteiger partial charge in [-0.2, -0.15) is 0 Å². The molecule has 0 aromatic rings. The molecule has 0 amide bonds. The largest absolute Gasteiger partial charge is 0.0877 e. The molecule has 0 heteroatoms. The first kappa shape index (κ1) is 19.6. The van der Waals surface area contributed by atoms with Crippen LogP contribution in [0, 0.1) is 11.8 Å². The molecule has 0 heterocycles. The molecular weight excluding hydrogens is 216 g/mol. The fraction of sp³-hybridized carbons (Fsp3) is 0.667. The highest BCUT2D eigenvalue weighted by atomic mass is 14.3. The normalized spacial score (nSPS) is 24.4. The van der Waals surface area contributed by atoms with Gasteiger partial charge in [0.2, 0.25) is 0 Å². The third-order valence-electron chi connectivity index (χ3n) is 3.46. The molecule has 0 aliphatic heterocycles. The van der Waals surface area contributed by atoms with Gasteiger partial charge in [-0.25, -0.2) is 0 Å². The molecule has 0 aromatic carbocycles. The van der Waals surface area contributed by atoms with Crippen LogP contribution in [-0.4, -0.2) is 0 Å². The number of rotatable bonds is 3. The predicted molar refractivity (Wildman–Crippen MR) is 86.9 cm³/mol. The van der Waals surface area contributed by atoms with Crippen LogP contribution in [0.4, 0.5) is 0 Å². The summed E-state index contributed by atoms with van der Waals surface area (Å²) in [5, 5.41) is 0. The van der Waals surface area contributed by atoms with Crippen LogP contribution >= 0.6 is 0 Å². The second-order valence-corrected chi connectivity index (χ2v) is 5.03. The Labute approximate surface area is 116 Å². The van der Waals surface area contributed by atoms with Gasteiger partial charge in [0.15, 0.2) is 0 Å². The number of hydrogen-bond acceptors (Lipinski definition) is 0. The maximum atomic E-state index is 2.42. The van der Waals surface area contributed by atoms with Crippen LogP contribution in [0.5, 0.6) is 0 Å². The van der Waals surface area contributed by atoms with Gasteiger partial charge < -0.3 is 0 Å². The molecule has 0 radical (unpaired) electrons. The van der Waals surface area contributed by atoms with Gasteiger partial charge in [0.1, 0.15) is 0 Å². The molecular formula is C18H34. The SMILES string of the molecule is C.C.C\C=C/C=C1\C(=C/CC)CCCC1C(C)C. The third-order valence-corrected chi connectivity index (χ3v) is 3.46. The molecule has 1 atom stereocenters. The Morgan fingerprint density at radius 1 is 1.28 bits per heavy atom. The summed E-state index contributed by atoms with van der Waals surface area (Å²) in [5.41, 5.74) is 3.20. The molecule has 0 nitrogen and oxygen atoms in total. The maximum absolute atomic E-state index is 2.42. The maximum Gasteiger partial charge on any atom is -0.0136 e. The van der Waals surface area contributed by atoms with Crippen LogP contribution in [0.15, 0.2) is 35.5 Å². The van der Waals surface area contributed by atoms with E-state index >= 15 is 0 Å². The Bertz CT molecular complexity index is 289. The van der Waals surface area contributed by atoms with Crippen LogP contribution in [-0.2, 0) is 0 Å². The summed E-state index contributed by atoms with van der Waals surface area (Å²) in [4.78, 5) is 0. The molecule has 0 N–H and O–H groups in total. The van der Waals surface area contributed by atoms with Gasteiger partial charge >= 0.3 is 0 Å². The lowest BCUT2D eigenvalue weighted by Gasteiger charge is -2.31. The highest BCUT2D eigenvalue weighted by molar-refractivity contribution is 5.37. The van der Waals surface area contributed by atoms with E-state index in [1.165, 1.54) is 19.3 Å². The lowest BCUT2D eigenvalue weighted by molar-refractivity contribution is 0.385. The summed E-state index contributed by atoms with van der Waals surface area (Å²) in [6.45, 7) is 9.03. The van der Waals surface area contributed by atoms with Gasteiger partial charge in [-0.05, 0) is 55.6 Å². The van der Waals surface area contributed by atoms with Gasteiger partial charge in [0.05, 0.1) is 0 Å². The van der Waals surface area contributed by atoms with E-state index in [1.807, 2.05) is 0 Å². The minimum Gasteiger partial charge on any atom is -0.0877 e. The van der Waals surface area contributed by atoms with Crippen molar-refractivity contribution in [2.24, 2.45) is 11.8 Å². The molecule has 1 rings (SSSR count). The average molecular weight is 250 g/mol. The second kappa shape index (κ2) is 10.2. The predicted octanol–water partition coefficient (Wildman–Crippen LogP) is 6.55. The van der Waals surface area contributed by atoms with E-state index in [9.17, 15) is 0 Å². The van der Waals surface area contributed by atoms with Crippen LogP contribution in [0.25, 0.3) is 0 Å². The van der Waals surface area contributed by atoms with Crippen molar-refractivity contribution in [2.75, 3.05) is 0 Å². The zero-order valence-corrected chi connectivity index (χ0v) is 11.3. The van der Waals surface area contributed by atoms with Crippen molar-refractivity contribution < 1.29 is 0 Å². The monoisotopic (exact) mass is 250 g/mol. The highest BCUT2D eigenvalue weighted by Gasteiger charge is 2.24. The molecule has 0 saturated heterocycles. The van der Waals surface area contributed by atoms with Crippen molar-refractivity contribution in [1.29, 1.82) is 0 Å². The van der Waals surface area contributed by atoms with Crippen LogP contribution < -0.4 is 0 Å². The number of allylic oxidation sites excluding steroid dienone is 6. The van der Waals surface area contributed by atoms with Gasteiger partial charge in [-0.3, -0.25) is 0 Å². The van der Waals surface area contributed by atoms with E-state index in [0.29, 0.717) is 0 Å². The van der Waals surface area contributed by atoms with Gasteiger partial charge in [0.25, 0.3) is 0 Å². The lowest BCUT2D eigenvalue weighted by atomic mass is 9.74. The molecule has 1 saturated carbocycles. The average Bonchev–Trinajstić information content (AvgIpc) is 2.27. The summed E-state index contributed by atoms with van der Waals surface area (Å²) in [6, 6.07) is 0. The van der Waals surface area contributed by atoms with Crippen molar-refractivity contribution in [3.05, 3.63) is 35.5 Å². The topological polar surface area (TPSA) is 0 Å². The first-order valence-corrected chi connectivity index (χ1v) is 6.73. The van der Waals surface area contributed by atoms with Crippen molar-refractivity contribution in [1.82, 2.24) is 0 Å². The van der Waals surface area contributed by atoms with Crippen LogP contribution in [0.3, 0.4) is 0 Å². The quantitative estimate of drug-likeness (QED) is 0.532. The first-order valence-electron chi connectivity index (χ1n) is 6.73. The molecule has 18 heavy (non-hydrogen) atoms. The third kappa shape index (κ3) is 5.25. The second-order valence-electron chi connectivity index (χ2n) is 5.03. The molecule has 1 aliphatic rings. The molecule has 1 unspecified atom stereocenters. The minimum absolute atomic E-state index is 0. The summed E-state index contributed by atoms with van der Waals surface area (Å²) in [5.74, 6) is 1.53. The molecule has 1 aliphatic carbocycles. The Balaban J connectivity index is 0. The van der Waals surface area contributed by atoms with Gasteiger partial charge in [-0.1, -0.05) is 59.9 Å². The van der Waals surface area contributed by atoms with Gasteiger partial charge in [-0.15, -0.1) is 0 Å². The first-order chi connectivity index (χ1) is 7.70. The van der Waals surface area contributed by atoms with E-state index in [-0.39, 0.29) is 14.9 Å². The fourth-order valence-electron chi connectivity index (χ4n) is 2.64.